The summed E-state index contributed by atoms with van der Waals surface area (Å²) < 4.78 is 48.4. The Balaban J connectivity index is 1.74. The van der Waals surface area contributed by atoms with E-state index in [1.165, 1.54) is 0 Å². The number of aromatic nitrogens is 1. The second kappa shape index (κ2) is 9.81. The molecule has 2 heterocycles. The molecule has 186 valence electrons. The van der Waals surface area contributed by atoms with Gasteiger partial charge in [0.15, 0.2) is 12.4 Å². The summed E-state index contributed by atoms with van der Waals surface area (Å²) in [5.74, 6) is 0.261. The van der Waals surface area contributed by atoms with Gasteiger partial charge in [0.25, 0.3) is 5.95 Å². The average Bonchev–Trinajstić information content (AvgIpc) is 3.27. The molecule has 0 saturated heterocycles. The summed E-state index contributed by atoms with van der Waals surface area (Å²) in [5.41, 5.74) is 1.23. The summed E-state index contributed by atoms with van der Waals surface area (Å²) in [6.45, 7) is 10.5. The summed E-state index contributed by atoms with van der Waals surface area (Å²) >= 11 is 0. The molecule has 0 unspecified atom stereocenters. The Kier molecular flexibility index (Phi) is 7.44. The van der Waals surface area contributed by atoms with Crippen molar-refractivity contribution in [2.45, 2.75) is 34.1 Å². The number of hydrogen-bond acceptors (Lipinski definition) is 8. The molecule has 0 radical (unpaired) electrons. The summed E-state index contributed by atoms with van der Waals surface area (Å²) in [5, 5.41) is 0.858. The topological polar surface area (TPSA) is 96.3 Å². The zero-order chi connectivity index (χ0) is 25.3. The first-order valence-electron chi connectivity index (χ1n) is 10.9. The van der Waals surface area contributed by atoms with Crippen molar-refractivity contribution in [1.82, 2.24) is 8.87 Å². The second-order valence-electron chi connectivity index (χ2n) is 9.26. The van der Waals surface area contributed by atoms with Gasteiger partial charge in [0.1, 0.15) is 5.76 Å². The summed E-state index contributed by atoms with van der Waals surface area (Å²) in [4.78, 5) is 14.7. The molecule has 2 aromatic rings. The number of allylic oxidation sites excluding steroid dienone is 1. The lowest BCUT2D eigenvalue weighted by molar-refractivity contribution is -0.155. The van der Waals surface area contributed by atoms with Crippen molar-refractivity contribution >= 4 is 27.2 Å². The zero-order valence-electron chi connectivity index (χ0n) is 20.5. The van der Waals surface area contributed by atoms with E-state index in [0.29, 0.717) is 23.5 Å². The van der Waals surface area contributed by atoms with Crippen LogP contribution in [0.15, 0.2) is 48.4 Å². The first-order valence-corrected chi connectivity index (χ1v) is 12.2. The molecule has 0 spiro atoms. The quantitative estimate of drug-likeness (QED) is 0.465. The Morgan fingerprint density at radius 3 is 2.53 bits per heavy atom. The average molecular weight is 493 g/mol. The maximum Gasteiger partial charge on any atom is 0.366 e. The maximum atomic E-state index is 13.1. The van der Waals surface area contributed by atoms with Gasteiger partial charge in [0.05, 0.1) is 17.5 Å². The number of ether oxygens (including phenoxy) is 3. The van der Waals surface area contributed by atoms with Gasteiger partial charge in [-0.1, -0.05) is 11.6 Å². The molecule has 0 atom stereocenters. The van der Waals surface area contributed by atoms with E-state index in [0.717, 1.165) is 27.0 Å². The van der Waals surface area contributed by atoms with Crippen LogP contribution in [0.25, 0.3) is 10.9 Å². The standard InChI is InChI=1S/C24H32N2O7S/c1-16-8-9-21-20(12-16)19(10-11-25(6)7)13-26(21)34(28,29)31-15-24(4,5)23(27)30-14-22-17(2)32-18(3)33-22/h8-9,12-13H,3,10-11,14-15H2,1-2,4-7H3. The van der Waals surface area contributed by atoms with Crippen molar-refractivity contribution in [2.24, 2.45) is 5.41 Å². The van der Waals surface area contributed by atoms with Crippen molar-refractivity contribution in [3.8, 4) is 0 Å². The van der Waals surface area contributed by atoms with Gasteiger partial charge in [-0.3, -0.25) is 8.98 Å². The molecule has 0 fully saturated rings. The number of carbonyl (C=O) groups excluding carboxylic acids is 1. The predicted octanol–water partition coefficient (Wildman–Crippen LogP) is 3.48. The minimum absolute atomic E-state index is 0.108. The van der Waals surface area contributed by atoms with E-state index < -0.39 is 28.3 Å². The molecule has 34 heavy (non-hydrogen) atoms. The third kappa shape index (κ3) is 5.81. The molecule has 3 rings (SSSR count). The third-order valence-corrected chi connectivity index (χ3v) is 6.63. The Morgan fingerprint density at radius 2 is 1.91 bits per heavy atom. The van der Waals surface area contributed by atoms with Crippen molar-refractivity contribution in [1.29, 1.82) is 0 Å². The van der Waals surface area contributed by atoms with Gasteiger partial charge in [0, 0.05) is 18.1 Å². The summed E-state index contributed by atoms with van der Waals surface area (Å²) in [6.07, 6.45) is 2.27. The van der Waals surface area contributed by atoms with Gasteiger partial charge >= 0.3 is 16.3 Å². The normalized spacial score (nSPS) is 14.6. The Hall–Kier alpha value is -2.82. The maximum absolute atomic E-state index is 13.1. The molecule has 9 nitrogen and oxygen atoms in total. The van der Waals surface area contributed by atoms with Gasteiger partial charge in [-0.2, -0.15) is 8.42 Å². The van der Waals surface area contributed by atoms with Crippen LogP contribution in [0.5, 0.6) is 0 Å². The molecular formula is C24H32N2O7S. The number of fused-ring (bicyclic) bond motifs is 1. The van der Waals surface area contributed by atoms with Crippen LogP contribution in [0.3, 0.4) is 0 Å². The number of likely N-dealkylation sites (N-methyl/N-ethyl adjacent to an activating group) is 1. The van der Waals surface area contributed by atoms with Crippen LogP contribution in [-0.2, 0) is 39.9 Å². The Bertz CT molecular complexity index is 1240. The molecule has 1 aromatic carbocycles. The van der Waals surface area contributed by atoms with E-state index in [1.54, 1.807) is 33.0 Å². The van der Waals surface area contributed by atoms with Crippen LogP contribution < -0.4 is 0 Å². The van der Waals surface area contributed by atoms with E-state index in [-0.39, 0.29) is 12.6 Å². The van der Waals surface area contributed by atoms with Crippen LogP contribution in [0.2, 0.25) is 0 Å². The molecule has 0 N–H and O–H groups in total. The van der Waals surface area contributed by atoms with Crippen LogP contribution in [-0.4, -0.2) is 57.1 Å². The minimum Gasteiger partial charge on any atom is -0.457 e. The van der Waals surface area contributed by atoms with Crippen molar-refractivity contribution in [3.63, 3.8) is 0 Å². The van der Waals surface area contributed by atoms with Crippen molar-refractivity contribution in [2.75, 3.05) is 33.9 Å². The van der Waals surface area contributed by atoms with Crippen LogP contribution >= 0.6 is 0 Å². The first kappa shape index (κ1) is 25.8. The van der Waals surface area contributed by atoms with E-state index in [2.05, 4.69) is 6.58 Å². The van der Waals surface area contributed by atoms with Crippen LogP contribution in [0.1, 0.15) is 31.9 Å². The van der Waals surface area contributed by atoms with Gasteiger partial charge < -0.3 is 19.1 Å². The number of aryl methyl sites for hydroxylation is 1. The lowest BCUT2D eigenvalue weighted by atomic mass is 9.95. The first-order chi connectivity index (χ1) is 15.8. The van der Waals surface area contributed by atoms with E-state index in [9.17, 15) is 13.2 Å². The fourth-order valence-electron chi connectivity index (χ4n) is 3.36. The molecule has 0 bridgehead atoms. The third-order valence-electron chi connectivity index (χ3n) is 5.43. The molecule has 1 aromatic heterocycles. The molecule has 1 aliphatic rings. The lowest BCUT2D eigenvalue weighted by Crippen LogP contribution is -2.34. The largest absolute Gasteiger partial charge is 0.457 e. The SMILES string of the molecule is C=C1OC(C)=C(COC(=O)C(C)(C)COS(=O)(=O)n2cc(CCN(C)C)c3cc(C)ccc32)O1. The highest BCUT2D eigenvalue weighted by molar-refractivity contribution is 7.85. The summed E-state index contributed by atoms with van der Waals surface area (Å²) in [6, 6.07) is 5.58. The number of nitrogens with zero attached hydrogens (tertiary/aromatic N) is 2. The number of rotatable bonds is 10. The fraction of sp³-hybridized carbons (Fsp3) is 0.458. The van der Waals surface area contributed by atoms with Gasteiger partial charge in [-0.25, -0.2) is 3.97 Å². The zero-order valence-corrected chi connectivity index (χ0v) is 21.3. The summed E-state index contributed by atoms with van der Waals surface area (Å²) in [7, 11) is -0.274. The van der Waals surface area contributed by atoms with Gasteiger partial charge in [-0.15, -0.1) is 0 Å². The van der Waals surface area contributed by atoms with Crippen molar-refractivity contribution in [3.05, 3.63) is 59.6 Å². The molecule has 0 amide bonds. The Labute approximate surface area is 200 Å². The Morgan fingerprint density at radius 1 is 1.21 bits per heavy atom. The van der Waals surface area contributed by atoms with E-state index in [4.69, 9.17) is 18.4 Å². The highest BCUT2D eigenvalue weighted by atomic mass is 32.2. The second-order valence-corrected chi connectivity index (χ2v) is 10.7. The molecular weight excluding hydrogens is 460 g/mol. The lowest BCUT2D eigenvalue weighted by Gasteiger charge is -2.22. The van der Waals surface area contributed by atoms with Gasteiger partial charge in [-0.05, 0) is 72.5 Å². The number of hydrogen-bond donors (Lipinski definition) is 0. The molecule has 1 aliphatic heterocycles. The van der Waals surface area contributed by atoms with E-state index >= 15 is 0 Å². The molecule has 0 saturated carbocycles. The van der Waals surface area contributed by atoms with Crippen LogP contribution in [0.4, 0.5) is 0 Å². The van der Waals surface area contributed by atoms with Gasteiger partial charge in [0.2, 0.25) is 0 Å². The fourth-order valence-corrected chi connectivity index (χ4v) is 4.57. The van der Waals surface area contributed by atoms with Crippen molar-refractivity contribution < 1.29 is 31.6 Å². The molecule has 0 aliphatic carbocycles. The minimum atomic E-state index is -4.20. The number of carbonyl (C=O) groups is 1. The van der Waals surface area contributed by atoms with E-state index in [1.807, 2.05) is 38.1 Å². The number of benzene rings is 1. The molecule has 10 heteroatoms. The number of esters is 1. The highest BCUT2D eigenvalue weighted by Gasteiger charge is 2.34. The monoisotopic (exact) mass is 492 g/mol. The highest BCUT2D eigenvalue weighted by Crippen LogP contribution is 2.28. The predicted molar refractivity (Wildman–Crippen MR) is 128 cm³/mol. The smallest absolute Gasteiger partial charge is 0.366 e. The van der Waals surface area contributed by atoms with Crippen LogP contribution in [0, 0.1) is 12.3 Å².